The number of anilines is 3. The van der Waals surface area contributed by atoms with Crippen molar-refractivity contribution >= 4 is 67.2 Å². The fraction of sp³-hybridized carbons (Fsp3) is 0.265. The summed E-state index contributed by atoms with van der Waals surface area (Å²) in [4.78, 5) is 52.2. The summed E-state index contributed by atoms with van der Waals surface area (Å²) in [5.74, 6) is 1.36. The third-order valence-corrected chi connectivity index (χ3v) is 16.4. The van der Waals surface area contributed by atoms with Gasteiger partial charge in [0.25, 0.3) is 0 Å². The first kappa shape index (κ1) is 61.4. The zero-order valence-electron chi connectivity index (χ0n) is 52.6. The van der Waals surface area contributed by atoms with Gasteiger partial charge in [-0.1, -0.05) is 0 Å². The molecular formula is C68H65F2N19O6. The molecule has 25 nitrogen and oxygen atoms in total. The van der Waals surface area contributed by atoms with Crippen LogP contribution in [0.15, 0.2) is 141 Å². The number of hydrogen-bond acceptors (Lipinski definition) is 20. The van der Waals surface area contributed by atoms with Crippen molar-refractivity contribution in [2.24, 2.45) is 7.05 Å². The van der Waals surface area contributed by atoms with E-state index in [1.807, 2.05) is 112 Å². The van der Waals surface area contributed by atoms with Crippen LogP contribution in [-0.4, -0.2) is 178 Å². The quantitative estimate of drug-likeness (QED) is 0.107. The lowest BCUT2D eigenvalue weighted by Gasteiger charge is -2.28. The highest BCUT2D eigenvalue weighted by atomic mass is 19.1. The number of hydrogen-bond donors (Lipinski definition) is 3. The Bertz CT molecular complexity index is 4880. The third kappa shape index (κ3) is 12.8. The first-order valence-electron chi connectivity index (χ1n) is 30.9. The third-order valence-electron chi connectivity index (χ3n) is 16.4. The smallest absolute Gasteiger partial charge is 0.419 e. The molecule has 95 heavy (non-hydrogen) atoms. The average molecular weight is 1280 g/mol. The maximum atomic E-state index is 14.6. The molecule has 3 N–H and O–H groups in total. The van der Waals surface area contributed by atoms with E-state index in [2.05, 4.69) is 76.4 Å². The van der Waals surface area contributed by atoms with Gasteiger partial charge in [0.05, 0.1) is 81.2 Å². The monoisotopic (exact) mass is 1280 g/mol. The molecule has 0 unspecified atom stereocenters. The highest BCUT2D eigenvalue weighted by Gasteiger charge is 2.28. The molecule has 3 fully saturated rings. The molecule has 16 rings (SSSR count). The van der Waals surface area contributed by atoms with Crippen molar-refractivity contribution in [2.75, 3.05) is 101 Å². The molecule has 3 saturated heterocycles. The summed E-state index contributed by atoms with van der Waals surface area (Å²) in [5, 5.41) is 28.9. The number of aromatic nitrogens is 16. The Kier molecular flexibility index (Phi) is 17.1. The zero-order valence-corrected chi connectivity index (χ0v) is 52.6. The van der Waals surface area contributed by atoms with Crippen molar-refractivity contribution in [3.8, 4) is 73.4 Å². The number of pyridine rings is 7. The van der Waals surface area contributed by atoms with E-state index < -0.39 is 23.6 Å². The molecule has 1 aromatic carbocycles. The van der Waals surface area contributed by atoms with E-state index in [0.717, 1.165) is 91.8 Å². The molecule has 482 valence electrons. The van der Waals surface area contributed by atoms with Gasteiger partial charge in [0.1, 0.15) is 62.4 Å². The number of carbonyl (C=O) groups is 1. The number of nitrogens with one attached hydrogen (secondary N) is 3. The maximum Gasteiger partial charge on any atom is 0.419 e. The number of aromatic amines is 3. The van der Waals surface area contributed by atoms with Crippen molar-refractivity contribution < 1.29 is 37.3 Å². The van der Waals surface area contributed by atoms with Crippen molar-refractivity contribution in [2.45, 2.75) is 26.4 Å². The second-order valence-corrected chi connectivity index (χ2v) is 23.6. The van der Waals surface area contributed by atoms with Crippen LogP contribution in [0.2, 0.25) is 0 Å². The van der Waals surface area contributed by atoms with Gasteiger partial charge in [0, 0.05) is 128 Å². The normalized spacial score (nSPS) is 14.5. The highest BCUT2D eigenvalue weighted by molar-refractivity contribution is 6.06. The summed E-state index contributed by atoms with van der Waals surface area (Å²) in [6.07, 6.45) is 13.7. The van der Waals surface area contributed by atoms with Crippen LogP contribution in [0.5, 0.6) is 5.75 Å². The number of halogens is 2. The first-order valence-corrected chi connectivity index (χ1v) is 30.9. The Morgan fingerprint density at radius 1 is 0.537 bits per heavy atom. The summed E-state index contributed by atoms with van der Waals surface area (Å²) in [6, 6.07) is 27.5. The number of ether oxygens (including phenoxy) is 5. The lowest BCUT2D eigenvalue weighted by atomic mass is 10.0. The van der Waals surface area contributed by atoms with Crippen molar-refractivity contribution in [1.82, 2.24) is 79.8 Å². The van der Waals surface area contributed by atoms with Gasteiger partial charge in [-0.05, 0) is 123 Å². The minimum absolute atomic E-state index is 0.204. The molecule has 0 aliphatic carbocycles. The Morgan fingerprint density at radius 2 is 1.01 bits per heavy atom. The predicted molar refractivity (Wildman–Crippen MR) is 355 cm³/mol. The number of benzene rings is 1. The van der Waals surface area contributed by atoms with Gasteiger partial charge in [-0.25, -0.2) is 24.3 Å². The average Bonchev–Trinajstić information content (AvgIpc) is 1.73. The van der Waals surface area contributed by atoms with Gasteiger partial charge in [-0.15, -0.1) is 0 Å². The molecule has 0 bridgehead atoms. The standard InChI is InChI=1S/C29H30N6O4.C20H16F2N6O.C19H19N7O/c1-29(2,3)39-28(36)35-23-6-5-19(37-4)15-18(23)16-24(35)21-17-25(34-11-13-38-14-12-34)32-26-20(21)7-9-30-27(26)22-8-10-31-33-22;21-16-2-1-13(20(22)25-16)14-11-17(28-7-9-29-10-8-28)26-18-12(14)3-5-23-19(18)15-4-6-24-27-15;1-25-12-13(11-22-25)15-10-17(26-6-8-27-9-7-26)23-18-14(15)2-4-20-19(18)16-3-5-21-24-16/h5-10,15-17H,11-14H2,1-4H3,(H,31,33);1-6,11H,7-10H2,(H,24,27);2-5,10-12H,6-9H2,1H3,(H,21,24). The highest BCUT2D eigenvalue weighted by Crippen LogP contribution is 2.41. The summed E-state index contributed by atoms with van der Waals surface area (Å²) in [7, 11) is 3.55. The molecule has 0 saturated carbocycles. The van der Waals surface area contributed by atoms with Crippen LogP contribution in [0.4, 0.5) is 31.0 Å². The van der Waals surface area contributed by atoms with Crippen LogP contribution in [0.3, 0.4) is 0 Å². The molecule has 0 amide bonds. The fourth-order valence-electron chi connectivity index (χ4n) is 11.9. The number of methoxy groups -OCH3 is 1. The Morgan fingerprint density at radius 3 is 1.45 bits per heavy atom. The molecule has 0 radical (unpaired) electrons. The lowest BCUT2D eigenvalue weighted by Crippen LogP contribution is -2.36. The van der Waals surface area contributed by atoms with Crippen molar-refractivity contribution in [3.63, 3.8) is 0 Å². The van der Waals surface area contributed by atoms with Gasteiger partial charge in [-0.3, -0.25) is 34.9 Å². The van der Waals surface area contributed by atoms with Crippen LogP contribution < -0.4 is 19.4 Å². The van der Waals surface area contributed by atoms with E-state index in [4.69, 9.17) is 38.6 Å². The molecule has 3 aliphatic heterocycles. The SMILES string of the molecule is COc1ccc2c(c1)cc(-c1cc(N3CCOCC3)nc3c(-c4ccn[nH]4)nccc13)n2C(=O)OC(C)(C)C.Cn1cc(-c2cc(N3CCOCC3)nc3c(-c4ccn[nH]4)nccc23)cn1.Fc1ccc(-c2cc(N3CCOCC3)nc3c(-c4ccn[nH]4)nccc23)c(F)n1. The number of aryl methyl sites for hydroxylation is 1. The lowest BCUT2D eigenvalue weighted by molar-refractivity contribution is 0.0547. The summed E-state index contributed by atoms with van der Waals surface area (Å²) < 4.78 is 59.3. The molecule has 13 aromatic rings. The molecule has 0 spiro atoms. The summed E-state index contributed by atoms with van der Waals surface area (Å²) in [5.41, 5.74) is 11.1. The number of morpholine rings is 3. The number of rotatable bonds is 10. The molecule has 27 heteroatoms. The Labute approximate surface area is 542 Å². The van der Waals surface area contributed by atoms with E-state index in [1.54, 1.807) is 54.8 Å². The van der Waals surface area contributed by atoms with Gasteiger partial charge in [0.2, 0.25) is 11.9 Å². The van der Waals surface area contributed by atoms with E-state index in [0.29, 0.717) is 122 Å². The zero-order chi connectivity index (χ0) is 65.2. The fourth-order valence-corrected chi connectivity index (χ4v) is 11.9. The van der Waals surface area contributed by atoms with Crippen LogP contribution in [0.1, 0.15) is 20.8 Å². The molecule has 3 aliphatic rings. The molecule has 0 atom stereocenters. The Balaban J connectivity index is 0.000000125. The second-order valence-electron chi connectivity index (χ2n) is 23.6. The van der Waals surface area contributed by atoms with Crippen LogP contribution in [0.25, 0.3) is 111 Å². The number of carbonyl (C=O) groups excluding carboxylic acids is 1. The predicted octanol–water partition coefficient (Wildman–Crippen LogP) is 10.7. The molecule has 12 aromatic heterocycles. The number of fused-ring (bicyclic) bond motifs is 4. The minimum Gasteiger partial charge on any atom is -0.497 e. The Hall–Kier alpha value is -11.2. The van der Waals surface area contributed by atoms with Gasteiger partial charge in [0.15, 0.2) is 0 Å². The van der Waals surface area contributed by atoms with E-state index in [9.17, 15) is 13.6 Å². The molecule has 15 heterocycles. The maximum absolute atomic E-state index is 14.6. The van der Waals surface area contributed by atoms with E-state index >= 15 is 0 Å². The van der Waals surface area contributed by atoms with Crippen LogP contribution in [0, 0.1) is 11.9 Å². The van der Waals surface area contributed by atoms with Gasteiger partial charge >= 0.3 is 6.09 Å². The summed E-state index contributed by atoms with van der Waals surface area (Å²) in [6.45, 7) is 13.8. The van der Waals surface area contributed by atoms with Gasteiger partial charge < -0.3 is 38.4 Å². The van der Waals surface area contributed by atoms with E-state index in [1.165, 1.54) is 6.07 Å². The number of H-pyrrole nitrogens is 3. The van der Waals surface area contributed by atoms with E-state index in [-0.39, 0.29) is 5.56 Å². The molecular weight excluding hydrogens is 1220 g/mol. The van der Waals surface area contributed by atoms with Crippen LogP contribution in [-0.2, 0) is 26.0 Å². The van der Waals surface area contributed by atoms with Gasteiger partial charge in [-0.2, -0.15) is 34.2 Å². The van der Waals surface area contributed by atoms with Crippen molar-refractivity contribution in [1.29, 1.82) is 0 Å². The first-order chi connectivity index (χ1) is 46.3. The number of nitrogens with zero attached hydrogens (tertiary/aromatic N) is 16. The van der Waals surface area contributed by atoms with Crippen molar-refractivity contribution in [3.05, 3.63) is 152 Å². The largest absolute Gasteiger partial charge is 0.497 e. The topological polar surface area (TPSA) is 272 Å². The second kappa shape index (κ2) is 26.4. The minimum atomic E-state index is -0.870. The summed E-state index contributed by atoms with van der Waals surface area (Å²) >= 11 is 0. The van der Waals surface area contributed by atoms with Crippen LogP contribution >= 0.6 is 0 Å².